The summed E-state index contributed by atoms with van der Waals surface area (Å²) in [6.45, 7) is 10.1. The Labute approximate surface area is 134 Å². The highest BCUT2D eigenvalue weighted by Gasteiger charge is 2.35. The lowest BCUT2D eigenvalue weighted by Crippen LogP contribution is -2.54. The van der Waals surface area contributed by atoms with Crippen LogP contribution in [0.15, 0.2) is 24.3 Å². The molecule has 22 heavy (non-hydrogen) atoms. The van der Waals surface area contributed by atoms with Gasteiger partial charge in [-0.15, -0.1) is 0 Å². The molecule has 1 heterocycles. The lowest BCUT2D eigenvalue weighted by molar-refractivity contribution is -0.135. The van der Waals surface area contributed by atoms with Gasteiger partial charge in [-0.2, -0.15) is 0 Å². The molecule has 3 nitrogen and oxygen atoms in total. The van der Waals surface area contributed by atoms with Gasteiger partial charge in [-0.1, -0.05) is 50.6 Å². The second kappa shape index (κ2) is 6.82. The van der Waals surface area contributed by atoms with E-state index >= 15 is 0 Å². The zero-order valence-electron chi connectivity index (χ0n) is 14.4. The first-order valence-electron chi connectivity index (χ1n) is 8.43. The van der Waals surface area contributed by atoms with Crippen molar-refractivity contribution in [2.75, 3.05) is 13.1 Å². The van der Waals surface area contributed by atoms with E-state index in [1.54, 1.807) is 0 Å². The summed E-state index contributed by atoms with van der Waals surface area (Å²) < 4.78 is 0. The molecular formula is C19H30N2O. The van der Waals surface area contributed by atoms with Crippen LogP contribution in [0, 0.1) is 12.3 Å². The van der Waals surface area contributed by atoms with Crippen molar-refractivity contribution in [3.63, 3.8) is 0 Å². The van der Waals surface area contributed by atoms with Crippen molar-refractivity contribution in [3.05, 3.63) is 35.4 Å². The summed E-state index contributed by atoms with van der Waals surface area (Å²) in [5, 5.41) is 0. The molecule has 1 fully saturated rings. The van der Waals surface area contributed by atoms with Crippen molar-refractivity contribution in [2.24, 2.45) is 11.1 Å². The van der Waals surface area contributed by atoms with Gasteiger partial charge in [-0.25, -0.2) is 0 Å². The predicted octanol–water partition coefficient (Wildman–Crippen LogP) is 3.46. The highest BCUT2D eigenvalue weighted by molar-refractivity contribution is 5.77. The number of likely N-dealkylation sites (tertiary alicyclic amines) is 1. The lowest BCUT2D eigenvalue weighted by atomic mass is 9.79. The highest BCUT2D eigenvalue weighted by atomic mass is 16.2. The summed E-state index contributed by atoms with van der Waals surface area (Å²) >= 11 is 0. The molecule has 2 atom stereocenters. The Morgan fingerprint density at radius 1 is 1.36 bits per heavy atom. The monoisotopic (exact) mass is 302 g/mol. The minimum Gasteiger partial charge on any atom is -0.342 e. The van der Waals surface area contributed by atoms with Crippen molar-refractivity contribution in [1.29, 1.82) is 0 Å². The molecule has 0 saturated carbocycles. The van der Waals surface area contributed by atoms with Gasteiger partial charge in [0.25, 0.3) is 0 Å². The number of hydrogen-bond acceptors (Lipinski definition) is 2. The smallest absolute Gasteiger partial charge is 0.223 e. The van der Waals surface area contributed by atoms with E-state index in [4.69, 9.17) is 5.73 Å². The first-order valence-corrected chi connectivity index (χ1v) is 8.43. The summed E-state index contributed by atoms with van der Waals surface area (Å²) in [5.41, 5.74) is 8.72. The Kier molecular flexibility index (Phi) is 5.28. The molecule has 0 bridgehead atoms. The molecule has 1 aromatic rings. The Balaban J connectivity index is 2.02. The molecule has 1 aliphatic heterocycles. The first kappa shape index (κ1) is 17.0. The standard InChI is InChI=1S/C19H30N2O/c1-5-15(16-8-6-14(2)7-9-16)12-18(22)21-11-10-17(20)19(3,4)13-21/h6-9,15,17H,5,10-13,20H2,1-4H3. The fraction of sp³-hybridized carbons (Fsp3) is 0.632. The van der Waals surface area contributed by atoms with E-state index in [0.717, 1.165) is 25.9 Å². The van der Waals surface area contributed by atoms with Gasteiger partial charge in [0.2, 0.25) is 5.91 Å². The highest BCUT2D eigenvalue weighted by Crippen LogP contribution is 2.30. The van der Waals surface area contributed by atoms with Crippen molar-refractivity contribution in [3.8, 4) is 0 Å². The van der Waals surface area contributed by atoms with Crippen LogP contribution < -0.4 is 5.73 Å². The Morgan fingerprint density at radius 3 is 2.55 bits per heavy atom. The Bertz CT molecular complexity index is 507. The van der Waals surface area contributed by atoms with E-state index in [0.29, 0.717) is 12.3 Å². The molecule has 2 unspecified atom stereocenters. The minimum absolute atomic E-state index is 0.0134. The number of aryl methyl sites for hydroxylation is 1. The van der Waals surface area contributed by atoms with Crippen LogP contribution >= 0.6 is 0 Å². The van der Waals surface area contributed by atoms with Crippen LogP contribution in [0.2, 0.25) is 0 Å². The van der Waals surface area contributed by atoms with E-state index in [1.165, 1.54) is 11.1 Å². The number of carbonyl (C=O) groups is 1. The Morgan fingerprint density at radius 2 is 2.00 bits per heavy atom. The number of hydrogen-bond donors (Lipinski definition) is 1. The summed E-state index contributed by atoms with van der Waals surface area (Å²) in [4.78, 5) is 14.7. The number of carbonyl (C=O) groups excluding carboxylic acids is 1. The molecule has 1 saturated heterocycles. The summed E-state index contributed by atoms with van der Waals surface area (Å²) in [6, 6.07) is 8.77. The van der Waals surface area contributed by atoms with Crippen molar-refractivity contribution >= 4 is 5.91 Å². The van der Waals surface area contributed by atoms with Crippen molar-refractivity contribution in [1.82, 2.24) is 4.90 Å². The van der Waals surface area contributed by atoms with Crippen LogP contribution in [-0.2, 0) is 4.79 Å². The van der Waals surface area contributed by atoms with Crippen LogP contribution in [0.3, 0.4) is 0 Å². The fourth-order valence-corrected chi connectivity index (χ4v) is 3.26. The molecular weight excluding hydrogens is 272 g/mol. The van der Waals surface area contributed by atoms with Crippen molar-refractivity contribution in [2.45, 2.75) is 58.9 Å². The van der Waals surface area contributed by atoms with Gasteiger partial charge in [0.1, 0.15) is 0 Å². The average Bonchev–Trinajstić information content (AvgIpc) is 2.48. The normalized spacial score (nSPS) is 22.4. The molecule has 3 heteroatoms. The van der Waals surface area contributed by atoms with Crippen LogP contribution in [0.5, 0.6) is 0 Å². The molecule has 0 aliphatic carbocycles. The van der Waals surface area contributed by atoms with E-state index in [2.05, 4.69) is 52.0 Å². The third-order valence-electron chi connectivity index (χ3n) is 5.13. The van der Waals surface area contributed by atoms with E-state index in [9.17, 15) is 4.79 Å². The summed E-state index contributed by atoms with van der Waals surface area (Å²) in [5.74, 6) is 0.583. The van der Waals surface area contributed by atoms with Crippen molar-refractivity contribution < 1.29 is 4.79 Å². The van der Waals surface area contributed by atoms with Crippen LogP contribution in [0.1, 0.15) is 57.1 Å². The van der Waals surface area contributed by atoms with E-state index in [1.807, 2.05) is 4.90 Å². The maximum atomic E-state index is 12.7. The van der Waals surface area contributed by atoms with Gasteiger partial charge < -0.3 is 10.6 Å². The minimum atomic E-state index is 0.0134. The van der Waals surface area contributed by atoms with Crippen LogP contribution in [0.25, 0.3) is 0 Å². The summed E-state index contributed by atoms with van der Waals surface area (Å²) in [7, 11) is 0. The quantitative estimate of drug-likeness (QED) is 0.925. The van der Waals surface area contributed by atoms with Gasteiger partial charge in [-0.05, 0) is 36.7 Å². The maximum Gasteiger partial charge on any atom is 0.223 e. The topological polar surface area (TPSA) is 46.3 Å². The number of benzene rings is 1. The molecule has 1 aliphatic rings. The zero-order valence-corrected chi connectivity index (χ0v) is 14.4. The zero-order chi connectivity index (χ0) is 16.3. The fourth-order valence-electron chi connectivity index (χ4n) is 3.26. The number of nitrogens with zero attached hydrogens (tertiary/aromatic N) is 1. The van der Waals surface area contributed by atoms with Gasteiger partial charge in [-0.3, -0.25) is 4.79 Å². The molecule has 1 aromatic carbocycles. The van der Waals surface area contributed by atoms with E-state index in [-0.39, 0.29) is 17.4 Å². The molecule has 0 spiro atoms. The SMILES string of the molecule is CCC(CC(=O)N1CCC(N)C(C)(C)C1)c1ccc(C)cc1. The lowest BCUT2D eigenvalue weighted by Gasteiger charge is -2.43. The van der Waals surface area contributed by atoms with Gasteiger partial charge in [0.05, 0.1) is 0 Å². The molecule has 2 N–H and O–H groups in total. The molecule has 0 aromatic heterocycles. The third-order valence-corrected chi connectivity index (χ3v) is 5.13. The molecule has 2 rings (SSSR count). The molecule has 0 radical (unpaired) electrons. The predicted molar refractivity (Wildman–Crippen MR) is 91.8 cm³/mol. The van der Waals surface area contributed by atoms with Gasteiger partial charge in [0, 0.05) is 25.6 Å². The average molecular weight is 302 g/mol. The second-order valence-electron chi connectivity index (χ2n) is 7.42. The third kappa shape index (κ3) is 3.89. The van der Waals surface area contributed by atoms with E-state index < -0.39 is 0 Å². The largest absolute Gasteiger partial charge is 0.342 e. The maximum absolute atomic E-state index is 12.7. The first-order chi connectivity index (χ1) is 10.3. The second-order valence-corrected chi connectivity index (χ2v) is 7.42. The molecule has 1 amide bonds. The molecule has 122 valence electrons. The van der Waals surface area contributed by atoms with Gasteiger partial charge >= 0.3 is 0 Å². The number of amides is 1. The number of piperidine rings is 1. The number of rotatable bonds is 4. The Hall–Kier alpha value is -1.35. The number of nitrogens with two attached hydrogens (primary N) is 1. The van der Waals surface area contributed by atoms with Crippen LogP contribution in [0.4, 0.5) is 0 Å². The van der Waals surface area contributed by atoms with Crippen LogP contribution in [-0.4, -0.2) is 29.9 Å². The van der Waals surface area contributed by atoms with Gasteiger partial charge in [0.15, 0.2) is 0 Å². The summed E-state index contributed by atoms with van der Waals surface area (Å²) in [6.07, 6.45) is 2.50.